The first-order valence-corrected chi connectivity index (χ1v) is 5.32. The lowest BCUT2D eigenvalue weighted by Gasteiger charge is -2.43. The summed E-state index contributed by atoms with van der Waals surface area (Å²) in [6.07, 6.45) is 5.59. The van der Waals surface area contributed by atoms with Crippen LogP contribution in [0.5, 0.6) is 0 Å². The summed E-state index contributed by atoms with van der Waals surface area (Å²) < 4.78 is 0. The van der Waals surface area contributed by atoms with Crippen LogP contribution in [0.15, 0.2) is 0 Å². The van der Waals surface area contributed by atoms with E-state index in [4.69, 9.17) is 0 Å². The van der Waals surface area contributed by atoms with Crippen LogP contribution in [0.2, 0.25) is 0 Å². The molecule has 0 aromatic rings. The molecule has 2 rings (SSSR count). The Labute approximate surface area is 75.3 Å². The third-order valence-corrected chi connectivity index (χ3v) is 3.59. The second kappa shape index (κ2) is 3.35. The van der Waals surface area contributed by atoms with Crippen LogP contribution in [0.4, 0.5) is 0 Å². The summed E-state index contributed by atoms with van der Waals surface area (Å²) in [4.78, 5) is 2.58. The monoisotopic (exact) mass is 168 g/mol. The Morgan fingerprint density at radius 2 is 2.08 bits per heavy atom. The summed E-state index contributed by atoms with van der Waals surface area (Å²) in [6, 6.07) is 0. The molecule has 0 aromatic heterocycles. The van der Waals surface area contributed by atoms with Gasteiger partial charge in [-0.1, -0.05) is 6.92 Å². The Morgan fingerprint density at radius 1 is 1.25 bits per heavy atom. The van der Waals surface area contributed by atoms with Gasteiger partial charge >= 0.3 is 0 Å². The third-order valence-electron chi connectivity index (χ3n) is 3.59. The normalized spacial score (nSPS) is 37.8. The fourth-order valence-corrected chi connectivity index (χ4v) is 2.47. The molecule has 1 unspecified atom stereocenters. The number of rotatable bonds is 1. The fraction of sp³-hybridized carbons (Fsp3) is 1.00. The molecule has 1 atom stereocenters. The standard InChI is InChI=1S/C10H20N2/c1-2-12-8-3-4-10(6-9-12)5-7-11-10/h11H,2-9H2,1H3. The van der Waals surface area contributed by atoms with Gasteiger partial charge in [0.25, 0.3) is 0 Å². The Kier molecular flexibility index (Phi) is 2.37. The first kappa shape index (κ1) is 8.52. The zero-order valence-corrected chi connectivity index (χ0v) is 8.10. The molecule has 0 saturated carbocycles. The number of likely N-dealkylation sites (tertiary alicyclic amines) is 1. The first-order chi connectivity index (χ1) is 5.85. The predicted molar refractivity (Wildman–Crippen MR) is 51.3 cm³/mol. The summed E-state index contributed by atoms with van der Waals surface area (Å²) in [7, 11) is 0. The lowest BCUT2D eigenvalue weighted by Crippen LogP contribution is -2.57. The maximum Gasteiger partial charge on any atom is 0.0206 e. The van der Waals surface area contributed by atoms with Gasteiger partial charge in [-0.2, -0.15) is 0 Å². The van der Waals surface area contributed by atoms with Crippen LogP contribution in [-0.4, -0.2) is 36.6 Å². The largest absolute Gasteiger partial charge is 0.311 e. The van der Waals surface area contributed by atoms with Gasteiger partial charge in [-0.25, -0.2) is 0 Å². The Bertz CT molecular complexity index is 152. The summed E-state index contributed by atoms with van der Waals surface area (Å²) in [5.41, 5.74) is 0.573. The molecule has 1 N–H and O–H groups in total. The highest BCUT2D eigenvalue weighted by molar-refractivity contribution is 4.98. The van der Waals surface area contributed by atoms with E-state index in [9.17, 15) is 0 Å². The van der Waals surface area contributed by atoms with Gasteiger partial charge in [-0.15, -0.1) is 0 Å². The van der Waals surface area contributed by atoms with Crippen molar-refractivity contribution in [3.63, 3.8) is 0 Å². The fourth-order valence-electron chi connectivity index (χ4n) is 2.47. The number of hydrogen-bond donors (Lipinski definition) is 1. The maximum absolute atomic E-state index is 3.62. The summed E-state index contributed by atoms with van der Waals surface area (Å²) in [5, 5.41) is 3.62. The molecule has 2 nitrogen and oxygen atoms in total. The van der Waals surface area contributed by atoms with Crippen LogP contribution in [0, 0.1) is 0 Å². The second-order valence-electron chi connectivity index (χ2n) is 4.24. The Hall–Kier alpha value is -0.0800. The first-order valence-electron chi connectivity index (χ1n) is 5.32. The van der Waals surface area contributed by atoms with Crippen LogP contribution in [0.3, 0.4) is 0 Å². The van der Waals surface area contributed by atoms with E-state index in [0.29, 0.717) is 5.54 Å². The zero-order chi connectivity index (χ0) is 8.44. The lowest BCUT2D eigenvalue weighted by atomic mass is 9.81. The van der Waals surface area contributed by atoms with Crippen molar-refractivity contribution < 1.29 is 0 Å². The topological polar surface area (TPSA) is 15.3 Å². The van der Waals surface area contributed by atoms with Crippen molar-refractivity contribution in [2.75, 3.05) is 26.2 Å². The van der Waals surface area contributed by atoms with E-state index in [0.717, 1.165) is 0 Å². The molecule has 2 saturated heterocycles. The van der Waals surface area contributed by atoms with Gasteiger partial charge in [0.05, 0.1) is 0 Å². The van der Waals surface area contributed by atoms with Gasteiger partial charge in [0, 0.05) is 5.54 Å². The van der Waals surface area contributed by atoms with Gasteiger partial charge in [0.15, 0.2) is 0 Å². The van der Waals surface area contributed by atoms with Crippen molar-refractivity contribution in [1.82, 2.24) is 10.2 Å². The molecule has 2 aliphatic rings. The van der Waals surface area contributed by atoms with Crippen LogP contribution in [0.1, 0.15) is 32.6 Å². The molecule has 2 fully saturated rings. The highest BCUT2D eigenvalue weighted by Crippen LogP contribution is 2.30. The second-order valence-corrected chi connectivity index (χ2v) is 4.24. The third kappa shape index (κ3) is 1.50. The van der Waals surface area contributed by atoms with E-state index in [-0.39, 0.29) is 0 Å². The molecule has 2 heteroatoms. The van der Waals surface area contributed by atoms with Gasteiger partial charge in [0.1, 0.15) is 0 Å². The van der Waals surface area contributed by atoms with Gasteiger partial charge in [0.2, 0.25) is 0 Å². The lowest BCUT2D eigenvalue weighted by molar-refractivity contribution is 0.177. The molecule has 70 valence electrons. The Balaban J connectivity index is 1.88. The van der Waals surface area contributed by atoms with Crippen LogP contribution in [0.25, 0.3) is 0 Å². The summed E-state index contributed by atoms with van der Waals surface area (Å²) in [5.74, 6) is 0. The van der Waals surface area contributed by atoms with Crippen molar-refractivity contribution in [2.45, 2.75) is 38.1 Å². The number of hydrogen-bond acceptors (Lipinski definition) is 2. The van der Waals surface area contributed by atoms with Crippen molar-refractivity contribution >= 4 is 0 Å². The minimum atomic E-state index is 0.573. The van der Waals surface area contributed by atoms with Gasteiger partial charge in [-0.05, 0) is 51.9 Å². The van der Waals surface area contributed by atoms with E-state index in [2.05, 4.69) is 17.1 Å². The van der Waals surface area contributed by atoms with Crippen molar-refractivity contribution in [3.8, 4) is 0 Å². The summed E-state index contributed by atoms with van der Waals surface area (Å²) >= 11 is 0. The average Bonchev–Trinajstić information content (AvgIpc) is 2.24. The zero-order valence-electron chi connectivity index (χ0n) is 8.10. The minimum Gasteiger partial charge on any atom is -0.311 e. The van der Waals surface area contributed by atoms with Crippen LogP contribution in [-0.2, 0) is 0 Å². The molecular formula is C10H20N2. The molecule has 12 heavy (non-hydrogen) atoms. The number of nitrogens with one attached hydrogen (secondary N) is 1. The van der Waals surface area contributed by atoms with E-state index in [1.807, 2.05) is 0 Å². The molecule has 0 aliphatic carbocycles. The van der Waals surface area contributed by atoms with E-state index in [1.165, 1.54) is 51.9 Å². The van der Waals surface area contributed by atoms with Crippen molar-refractivity contribution in [3.05, 3.63) is 0 Å². The van der Waals surface area contributed by atoms with Crippen LogP contribution >= 0.6 is 0 Å². The smallest absolute Gasteiger partial charge is 0.0206 e. The molecule has 0 amide bonds. The predicted octanol–water partition coefficient (Wildman–Crippen LogP) is 1.22. The SMILES string of the molecule is CCN1CCCC2(CCN2)CC1. The molecule has 0 aromatic carbocycles. The van der Waals surface area contributed by atoms with Crippen LogP contribution < -0.4 is 5.32 Å². The molecular weight excluding hydrogens is 148 g/mol. The van der Waals surface area contributed by atoms with E-state index < -0.39 is 0 Å². The molecule has 0 radical (unpaired) electrons. The minimum absolute atomic E-state index is 0.573. The maximum atomic E-state index is 3.62. The molecule has 2 heterocycles. The van der Waals surface area contributed by atoms with E-state index >= 15 is 0 Å². The molecule has 0 bridgehead atoms. The summed E-state index contributed by atoms with van der Waals surface area (Å²) in [6.45, 7) is 7.39. The number of nitrogens with zero attached hydrogens (tertiary/aromatic N) is 1. The highest BCUT2D eigenvalue weighted by atomic mass is 15.1. The van der Waals surface area contributed by atoms with Gasteiger partial charge < -0.3 is 10.2 Å². The average molecular weight is 168 g/mol. The van der Waals surface area contributed by atoms with Gasteiger partial charge in [-0.3, -0.25) is 0 Å². The molecule has 2 aliphatic heterocycles. The van der Waals surface area contributed by atoms with Crippen molar-refractivity contribution in [2.24, 2.45) is 0 Å². The Morgan fingerprint density at radius 3 is 2.67 bits per heavy atom. The van der Waals surface area contributed by atoms with E-state index in [1.54, 1.807) is 0 Å². The quantitative estimate of drug-likeness (QED) is 0.633. The highest BCUT2D eigenvalue weighted by Gasteiger charge is 2.36. The van der Waals surface area contributed by atoms with Crippen molar-refractivity contribution in [1.29, 1.82) is 0 Å². The molecule has 1 spiro atoms.